The highest BCUT2D eigenvalue weighted by molar-refractivity contribution is 8.00. The fourth-order valence-electron chi connectivity index (χ4n) is 4.02. The van der Waals surface area contributed by atoms with Crippen molar-refractivity contribution in [3.8, 4) is 0 Å². The van der Waals surface area contributed by atoms with Gasteiger partial charge in [-0.15, -0.1) is 10.2 Å². The number of hydrogen-bond acceptors (Lipinski definition) is 4. The zero-order chi connectivity index (χ0) is 23.5. The van der Waals surface area contributed by atoms with E-state index in [9.17, 15) is 4.79 Å². The minimum Gasteiger partial charge on any atom is -0.325 e. The molecule has 0 spiro atoms. The summed E-state index contributed by atoms with van der Waals surface area (Å²) in [4.78, 5) is 13.6. The van der Waals surface area contributed by atoms with E-state index in [-0.39, 0.29) is 5.91 Å². The van der Waals surface area contributed by atoms with Gasteiger partial charge in [0.2, 0.25) is 5.91 Å². The largest absolute Gasteiger partial charge is 0.325 e. The molecule has 0 unspecified atom stereocenters. The Morgan fingerprint density at radius 2 is 1.71 bits per heavy atom. The van der Waals surface area contributed by atoms with Crippen molar-refractivity contribution in [3.05, 3.63) is 107 Å². The number of amides is 1. The van der Waals surface area contributed by atoms with Gasteiger partial charge >= 0.3 is 0 Å². The Balaban J connectivity index is 1.47. The van der Waals surface area contributed by atoms with Crippen LogP contribution in [0.3, 0.4) is 0 Å². The van der Waals surface area contributed by atoms with E-state index in [0.29, 0.717) is 12.5 Å². The molecule has 5 nitrogen and oxygen atoms in total. The van der Waals surface area contributed by atoms with Crippen LogP contribution in [-0.2, 0) is 11.3 Å². The second kappa shape index (κ2) is 9.85. The number of aromatic nitrogens is 3. The van der Waals surface area contributed by atoms with E-state index in [1.165, 1.54) is 17.3 Å². The zero-order valence-corrected chi connectivity index (χ0v) is 20.3. The van der Waals surface area contributed by atoms with Gasteiger partial charge in [-0.25, -0.2) is 0 Å². The first-order chi connectivity index (χ1) is 16.6. The monoisotopic (exact) mass is 468 g/mol. The third-order valence-electron chi connectivity index (χ3n) is 6.09. The Kier molecular flexibility index (Phi) is 6.50. The van der Waals surface area contributed by atoms with Gasteiger partial charge in [0.05, 0.1) is 6.54 Å². The lowest BCUT2D eigenvalue weighted by molar-refractivity contribution is -0.115. The third-order valence-corrected chi connectivity index (χ3v) is 7.32. The lowest BCUT2D eigenvalue weighted by Gasteiger charge is -2.19. The van der Waals surface area contributed by atoms with Crippen molar-refractivity contribution in [1.29, 1.82) is 0 Å². The third kappa shape index (κ3) is 5.07. The quantitative estimate of drug-likeness (QED) is 0.309. The van der Waals surface area contributed by atoms with Crippen LogP contribution in [0.2, 0.25) is 0 Å². The number of thioether (sulfide) groups is 1. The molecular formula is C28H28N4OS. The minimum atomic E-state index is -0.452. The zero-order valence-electron chi connectivity index (χ0n) is 19.4. The maximum atomic E-state index is 13.6. The Morgan fingerprint density at radius 1 is 1.00 bits per heavy atom. The average molecular weight is 469 g/mol. The fraction of sp³-hybridized carbons (Fsp3) is 0.250. The smallest absolute Gasteiger partial charge is 0.242 e. The van der Waals surface area contributed by atoms with Gasteiger partial charge in [-0.3, -0.25) is 4.79 Å². The summed E-state index contributed by atoms with van der Waals surface area (Å²) in [6, 6.07) is 26.4. The molecule has 1 atom stereocenters. The fourth-order valence-corrected chi connectivity index (χ4v) is 5.06. The van der Waals surface area contributed by atoms with Crippen LogP contribution in [0.1, 0.15) is 52.1 Å². The van der Waals surface area contributed by atoms with Gasteiger partial charge < -0.3 is 9.88 Å². The summed E-state index contributed by atoms with van der Waals surface area (Å²) < 4.78 is 2.19. The summed E-state index contributed by atoms with van der Waals surface area (Å²) in [6.07, 6.45) is 2.29. The number of benzene rings is 3. The molecule has 1 saturated carbocycles. The molecular weight excluding hydrogens is 440 g/mol. The Hall–Kier alpha value is -3.38. The number of anilines is 1. The van der Waals surface area contributed by atoms with Crippen molar-refractivity contribution < 1.29 is 4.79 Å². The van der Waals surface area contributed by atoms with Crippen LogP contribution in [-0.4, -0.2) is 20.7 Å². The number of nitrogens with zero attached hydrogens (tertiary/aromatic N) is 3. The summed E-state index contributed by atoms with van der Waals surface area (Å²) in [5.74, 6) is 1.42. The molecule has 1 N–H and O–H groups in total. The number of nitrogens with one attached hydrogen (secondary N) is 1. The van der Waals surface area contributed by atoms with E-state index in [4.69, 9.17) is 0 Å². The maximum Gasteiger partial charge on any atom is 0.242 e. The molecule has 0 saturated heterocycles. The molecule has 1 aliphatic carbocycles. The molecule has 5 rings (SSSR count). The lowest BCUT2D eigenvalue weighted by Crippen LogP contribution is -2.20. The van der Waals surface area contributed by atoms with Crippen LogP contribution in [0, 0.1) is 13.8 Å². The molecule has 0 radical (unpaired) electrons. The van der Waals surface area contributed by atoms with E-state index in [0.717, 1.165) is 46.2 Å². The molecule has 3 aromatic carbocycles. The first kappa shape index (κ1) is 22.4. The SMILES string of the molecule is Cc1ccc(C)c(NC(=O)[C@@H](Sc2nnc(C3CC3)n2Cc2ccccc2)c2ccccc2)c1. The van der Waals surface area contributed by atoms with Gasteiger partial charge in [-0.05, 0) is 55.0 Å². The first-order valence-electron chi connectivity index (χ1n) is 11.7. The van der Waals surface area contributed by atoms with Gasteiger partial charge in [0.25, 0.3) is 0 Å². The van der Waals surface area contributed by atoms with Gasteiger partial charge in [-0.2, -0.15) is 0 Å². The van der Waals surface area contributed by atoms with Gasteiger partial charge in [0.15, 0.2) is 5.16 Å². The normalized spacial score (nSPS) is 14.1. The second-order valence-electron chi connectivity index (χ2n) is 8.90. The highest BCUT2D eigenvalue weighted by Crippen LogP contribution is 2.42. The van der Waals surface area contributed by atoms with Crippen molar-refractivity contribution in [2.75, 3.05) is 5.32 Å². The summed E-state index contributed by atoms with van der Waals surface area (Å²) in [6.45, 7) is 4.74. The van der Waals surface area contributed by atoms with Crippen molar-refractivity contribution in [3.63, 3.8) is 0 Å². The summed E-state index contributed by atoms with van der Waals surface area (Å²) in [5, 5.41) is 12.6. The summed E-state index contributed by atoms with van der Waals surface area (Å²) in [5.41, 5.74) is 5.14. The van der Waals surface area contributed by atoms with Crippen molar-refractivity contribution >= 4 is 23.4 Å². The standard InChI is InChI=1S/C28H28N4OS/c1-19-13-14-20(2)24(17-19)29-27(33)25(22-11-7-4-8-12-22)34-28-31-30-26(23-15-16-23)32(28)18-21-9-5-3-6-10-21/h3-14,17,23,25H,15-16,18H2,1-2H3,(H,29,33)/t25-/m0/s1. The topological polar surface area (TPSA) is 59.8 Å². The average Bonchev–Trinajstić information content (AvgIpc) is 3.63. The van der Waals surface area contributed by atoms with E-state index in [1.807, 2.05) is 74.5 Å². The maximum absolute atomic E-state index is 13.6. The van der Waals surface area contributed by atoms with E-state index < -0.39 is 5.25 Å². The molecule has 1 amide bonds. The molecule has 34 heavy (non-hydrogen) atoms. The highest BCUT2D eigenvalue weighted by atomic mass is 32.2. The number of rotatable bonds is 8. The van der Waals surface area contributed by atoms with Crippen molar-refractivity contribution in [2.24, 2.45) is 0 Å². The van der Waals surface area contributed by atoms with E-state index in [1.54, 1.807) is 0 Å². The van der Waals surface area contributed by atoms with E-state index >= 15 is 0 Å². The van der Waals surface area contributed by atoms with Crippen LogP contribution in [0.4, 0.5) is 5.69 Å². The lowest BCUT2D eigenvalue weighted by atomic mass is 10.1. The molecule has 172 valence electrons. The highest BCUT2D eigenvalue weighted by Gasteiger charge is 2.32. The van der Waals surface area contributed by atoms with Gasteiger partial charge in [-0.1, -0.05) is 84.6 Å². The molecule has 1 heterocycles. The Morgan fingerprint density at radius 3 is 2.41 bits per heavy atom. The first-order valence-corrected chi connectivity index (χ1v) is 12.5. The Bertz CT molecular complexity index is 1280. The van der Waals surface area contributed by atoms with E-state index in [2.05, 4.69) is 38.3 Å². The van der Waals surface area contributed by atoms with Crippen LogP contribution in [0.15, 0.2) is 84.0 Å². The summed E-state index contributed by atoms with van der Waals surface area (Å²) >= 11 is 1.47. The van der Waals surface area contributed by atoms with Crippen LogP contribution >= 0.6 is 11.8 Å². The predicted molar refractivity (Wildman–Crippen MR) is 137 cm³/mol. The molecule has 0 bridgehead atoms. The van der Waals surface area contributed by atoms with Gasteiger partial charge in [0, 0.05) is 11.6 Å². The molecule has 1 aliphatic rings. The second-order valence-corrected chi connectivity index (χ2v) is 9.98. The number of aryl methyl sites for hydroxylation is 2. The molecule has 6 heteroatoms. The molecule has 1 fully saturated rings. The molecule has 4 aromatic rings. The molecule has 0 aliphatic heterocycles. The summed E-state index contributed by atoms with van der Waals surface area (Å²) in [7, 11) is 0. The van der Waals surface area contributed by atoms with Gasteiger partial charge in [0.1, 0.15) is 11.1 Å². The minimum absolute atomic E-state index is 0.0628. The van der Waals surface area contributed by atoms with Crippen LogP contribution < -0.4 is 5.32 Å². The molecule has 1 aromatic heterocycles. The van der Waals surface area contributed by atoms with Crippen molar-refractivity contribution in [2.45, 2.75) is 49.6 Å². The number of carbonyl (C=O) groups is 1. The predicted octanol–water partition coefficient (Wildman–Crippen LogP) is 6.29. The Labute approximate surface area is 204 Å². The van der Waals surface area contributed by atoms with Crippen LogP contribution in [0.5, 0.6) is 0 Å². The van der Waals surface area contributed by atoms with Crippen LogP contribution in [0.25, 0.3) is 0 Å². The number of hydrogen-bond donors (Lipinski definition) is 1. The number of carbonyl (C=O) groups excluding carboxylic acids is 1. The van der Waals surface area contributed by atoms with Crippen molar-refractivity contribution in [1.82, 2.24) is 14.8 Å².